The Morgan fingerprint density at radius 2 is 2.02 bits per heavy atom. The number of tetrazole rings is 1. The smallest absolute Gasteiger partial charge is 0.426 e. The molecule has 1 aliphatic heterocycles. The van der Waals surface area contributed by atoms with Crippen molar-refractivity contribution < 1.29 is 37.0 Å². The summed E-state index contributed by atoms with van der Waals surface area (Å²) in [5, 5.41) is 29.9. The van der Waals surface area contributed by atoms with Crippen molar-refractivity contribution in [3.05, 3.63) is 29.6 Å². The van der Waals surface area contributed by atoms with Crippen LogP contribution in [0.5, 0.6) is 5.88 Å². The van der Waals surface area contributed by atoms with E-state index in [1.165, 1.54) is 31.1 Å². The summed E-state index contributed by atoms with van der Waals surface area (Å²) < 4.78 is 60.8. The van der Waals surface area contributed by atoms with Crippen molar-refractivity contribution in [2.45, 2.75) is 30.9 Å². The maximum Gasteiger partial charge on any atom is 0.426 e. The van der Waals surface area contributed by atoms with Crippen LogP contribution in [0.25, 0.3) is 22.6 Å². The highest BCUT2D eigenvalue weighted by atomic mass is 19.4. The summed E-state index contributed by atoms with van der Waals surface area (Å²) in [7, 11) is 2.70. The highest BCUT2D eigenvalue weighted by Crippen LogP contribution is 2.36. The summed E-state index contributed by atoms with van der Waals surface area (Å²) in [6.07, 6.45) is -5.88. The quantitative estimate of drug-likeness (QED) is 0.159. The van der Waals surface area contributed by atoms with Gasteiger partial charge in [-0.25, -0.2) is 14.1 Å². The van der Waals surface area contributed by atoms with E-state index in [9.17, 15) is 32.3 Å². The number of likely N-dealkylation sites (tertiary alicyclic amines) is 1. The third-order valence-electron chi connectivity index (χ3n) is 6.59. The van der Waals surface area contributed by atoms with Crippen molar-refractivity contribution in [3.63, 3.8) is 0 Å². The lowest BCUT2D eigenvalue weighted by molar-refractivity contribution is -0.249. The second-order valence-electron chi connectivity index (χ2n) is 9.25. The number of halogens is 4. The number of carbonyl (C=O) groups excluding carboxylic acids is 2. The fraction of sp³-hybridized carbons (Fsp3) is 0.391. The molecular weight excluding hydrogens is 570 g/mol. The van der Waals surface area contributed by atoms with Crippen molar-refractivity contribution >= 4 is 24.4 Å². The second kappa shape index (κ2) is 11.1. The van der Waals surface area contributed by atoms with E-state index in [1.54, 1.807) is 6.07 Å². The summed E-state index contributed by atoms with van der Waals surface area (Å²) in [5.74, 6) is -2.61. The van der Waals surface area contributed by atoms with E-state index in [0.29, 0.717) is 16.2 Å². The molecule has 4 rings (SSSR count). The Morgan fingerprint density at radius 1 is 1.31 bits per heavy atom. The molecule has 3 aromatic rings. The Labute approximate surface area is 234 Å². The summed E-state index contributed by atoms with van der Waals surface area (Å²) in [6.45, 7) is 2.44. The number of pyridine rings is 1. The van der Waals surface area contributed by atoms with E-state index in [2.05, 4.69) is 47.7 Å². The standard InChI is InChI=1S/C23H25F4N11O4/c1-22(41,23(25,26)27)21(40)37-8-13(24)14(9-37)32-19(39)12-5-10(7-31-20(12)42-4)16-11(18-33-35-36-34-18)6-15(17(28)29-2)38(16)30-3/h5-7,13-14,41H,3,8-9H2,1-2,4H3,(H2,28,29)(H,32,39)(H,33,34,35,36)/t13-,14+,22+/m0/s1. The van der Waals surface area contributed by atoms with Crippen molar-refractivity contribution in [1.29, 1.82) is 0 Å². The molecule has 4 heterocycles. The number of ether oxygens (including phenoxy) is 1. The topological polar surface area (TPSA) is 202 Å². The van der Waals surface area contributed by atoms with Crippen LogP contribution in [-0.4, -0.2) is 116 Å². The third-order valence-corrected chi connectivity index (χ3v) is 6.59. The molecule has 0 aliphatic carbocycles. The number of nitrogens with two attached hydrogens (primary N) is 1. The van der Waals surface area contributed by atoms with Crippen LogP contribution in [0.1, 0.15) is 23.0 Å². The fourth-order valence-corrected chi connectivity index (χ4v) is 4.32. The molecule has 5 N–H and O–H groups in total. The number of methoxy groups -OCH3 is 1. The molecule has 0 unspecified atom stereocenters. The van der Waals surface area contributed by atoms with Gasteiger partial charge in [0.05, 0.1) is 31.0 Å². The molecule has 0 saturated carbocycles. The summed E-state index contributed by atoms with van der Waals surface area (Å²) in [5.41, 5.74) is 3.28. The Balaban J connectivity index is 1.69. The minimum absolute atomic E-state index is 0.0802. The average molecular weight is 596 g/mol. The van der Waals surface area contributed by atoms with Crippen molar-refractivity contribution in [1.82, 2.24) is 40.5 Å². The molecule has 3 atom stereocenters. The molecule has 0 spiro atoms. The normalized spacial score (nSPS) is 19.0. The Kier molecular flexibility index (Phi) is 7.97. The maximum absolute atomic E-state index is 14.8. The van der Waals surface area contributed by atoms with Crippen LogP contribution >= 0.6 is 0 Å². The van der Waals surface area contributed by atoms with Gasteiger partial charge in [0.1, 0.15) is 23.3 Å². The van der Waals surface area contributed by atoms with Gasteiger partial charge < -0.3 is 25.8 Å². The fourth-order valence-electron chi connectivity index (χ4n) is 4.32. The van der Waals surface area contributed by atoms with Crippen molar-refractivity contribution in [2.75, 3.05) is 27.2 Å². The molecule has 0 bridgehead atoms. The summed E-state index contributed by atoms with van der Waals surface area (Å²) >= 11 is 0. The van der Waals surface area contributed by atoms with Crippen LogP contribution in [0.3, 0.4) is 0 Å². The van der Waals surface area contributed by atoms with Gasteiger partial charge in [0, 0.05) is 32.1 Å². The second-order valence-corrected chi connectivity index (χ2v) is 9.25. The maximum atomic E-state index is 14.8. The number of amides is 2. The molecule has 1 fully saturated rings. The molecule has 3 aromatic heterocycles. The molecule has 19 heteroatoms. The number of hydrogen-bond donors (Lipinski definition) is 4. The first-order chi connectivity index (χ1) is 19.7. The minimum Gasteiger partial charge on any atom is -0.480 e. The summed E-state index contributed by atoms with van der Waals surface area (Å²) in [4.78, 5) is 34.3. The van der Waals surface area contributed by atoms with E-state index in [0.717, 1.165) is 0 Å². The molecule has 0 aromatic carbocycles. The third kappa shape index (κ3) is 5.24. The lowest BCUT2D eigenvalue weighted by Gasteiger charge is -2.29. The SMILES string of the molecule is C=Nn1c(C(N)=NC)cc(-c2nn[nH]n2)c1-c1cnc(OC)c(C(=O)N[C@@H]2CN(C(=O)[C@@](C)(O)C(F)(F)F)C[C@@H]2F)c1. The molecule has 224 valence electrons. The molecule has 15 nitrogen and oxygen atoms in total. The summed E-state index contributed by atoms with van der Waals surface area (Å²) in [6, 6.07) is 1.50. The van der Waals surface area contributed by atoms with Gasteiger partial charge in [-0.3, -0.25) is 14.6 Å². The number of nitrogens with zero attached hydrogens (tertiary/aromatic N) is 8. The van der Waals surface area contributed by atoms with Crippen LogP contribution in [0.2, 0.25) is 0 Å². The number of aromatic amines is 1. The largest absolute Gasteiger partial charge is 0.480 e. The van der Waals surface area contributed by atoms with Gasteiger partial charge in [0.15, 0.2) is 0 Å². The highest BCUT2D eigenvalue weighted by molar-refractivity contribution is 6.01. The number of hydrogen-bond acceptors (Lipinski definition) is 10. The van der Waals surface area contributed by atoms with E-state index in [4.69, 9.17) is 10.5 Å². The predicted octanol–water partition coefficient (Wildman–Crippen LogP) is 0.130. The van der Waals surface area contributed by atoms with Gasteiger partial charge in [-0.05, 0) is 24.3 Å². The zero-order valence-corrected chi connectivity index (χ0v) is 22.3. The van der Waals surface area contributed by atoms with Gasteiger partial charge >= 0.3 is 6.18 Å². The lowest BCUT2D eigenvalue weighted by Crippen LogP contribution is -2.56. The predicted molar refractivity (Wildman–Crippen MR) is 138 cm³/mol. The van der Waals surface area contributed by atoms with Crippen molar-refractivity contribution in [3.8, 4) is 28.5 Å². The number of rotatable bonds is 8. The Bertz CT molecular complexity index is 1540. The number of aromatic nitrogens is 6. The van der Waals surface area contributed by atoms with Crippen LogP contribution in [-0.2, 0) is 4.79 Å². The Hall–Kier alpha value is -4.94. The van der Waals surface area contributed by atoms with Crippen LogP contribution in [0, 0.1) is 0 Å². The minimum atomic E-state index is -5.29. The highest BCUT2D eigenvalue weighted by Gasteiger charge is 2.58. The van der Waals surface area contributed by atoms with E-state index >= 15 is 0 Å². The molecule has 42 heavy (non-hydrogen) atoms. The number of aliphatic imine (C=N–C) groups is 1. The molecular formula is C23H25F4N11O4. The van der Waals surface area contributed by atoms with Gasteiger partial charge in [-0.1, -0.05) is 0 Å². The number of H-pyrrole nitrogens is 1. The number of alkyl halides is 4. The van der Waals surface area contributed by atoms with Gasteiger partial charge in [-0.15, -0.1) is 10.2 Å². The monoisotopic (exact) mass is 595 g/mol. The molecule has 2 amide bonds. The van der Waals surface area contributed by atoms with E-state index in [-0.39, 0.29) is 41.3 Å². The average Bonchev–Trinajstić information content (AvgIpc) is 3.70. The van der Waals surface area contributed by atoms with E-state index in [1.807, 2.05) is 0 Å². The number of aliphatic hydroxyl groups is 1. The zero-order valence-electron chi connectivity index (χ0n) is 22.3. The first kappa shape index (κ1) is 30.0. The molecule has 1 saturated heterocycles. The first-order valence-electron chi connectivity index (χ1n) is 12.0. The van der Waals surface area contributed by atoms with Crippen LogP contribution in [0.4, 0.5) is 17.6 Å². The zero-order chi connectivity index (χ0) is 31.0. The van der Waals surface area contributed by atoms with Gasteiger partial charge in [-0.2, -0.15) is 23.5 Å². The number of nitrogens with one attached hydrogen (secondary N) is 2. The number of carbonyl (C=O) groups is 2. The number of amidine groups is 1. The van der Waals surface area contributed by atoms with Crippen LogP contribution < -0.4 is 15.8 Å². The van der Waals surface area contributed by atoms with Crippen LogP contribution in [0.15, 0.2) is 28.4 Å². The van der Waals surface area contributed by atoms with Gasteiger partial charge in [0.2, 0.25) is 17.3 Å². The van der Waals surface area contributed by atoms with E-state index < -0.39 is 48.9 Å². The first-order valence-corrected chi connectivity index (χ1v) is 12.0. The van der Waals surface area contributed by atoms with Gasteiger partial charge in [0.25, 0.3) is 11.8 Å². The van der Waals surface area contributed by atoms with Crippen molar-refractivity contribution in [2.24, 2.45) is 15.8 Å². The molecule has 1 aliphatic rings. The Morgan fingerprint density at radius 3 is 2.60 bits per heavy atom. The lowest BCUT2D eigenvalue weighted by atomic mass is 10.1. The molecule has 0 radical (unpaired) electrons.